The fourth-order valence-corrected chi connectivity index (χ4v) is 4.21. The van der Waals surface area contributed by atoms with E-state index < -0.39 is 6.04 Å². The summed E-state index contributed by atoms with van der Waals surface area (Å²) in [6, 6.07) is 9.19. The number of rotatable bonds is 7. The van der Waals surface area contributed by atoms with Crippen LogP contribution in [0.4, 0.5) is 0 Å². The number of carbonyl (C=O) groups is 2. The maximum atomic E-state index is 12.8. The molecule has 0 aromatic heterocycles. The third-order valence-corrected chi connectivity index (χ3v) is 5.71. The normalized spacial score (nSPS) is 20.4. The van der Waals surface area contributed by atoms with Gasteiger partial charge in [0, 0.05) is 11.8 Å². The summed E-state index contributed by atoms with van der Waals surface area (Å²) < 4.78 is 5.37. The largest absolute Gasteiger partial charge is 0.464 e. The van der Waals surface area contributed by atoms with Gasteiger partial charge >= 0.3 is 5.97 Å². The van der Waals surface area contributed by atoms with Crippen molar-refractivity contribution in [2.24, 2.45) is 5.92 Å². The zero-order chi connectivity index (χ0) is 18.2. The lowest BCUT2D eigenvalue weighted by Crippen LogP contribution is -2.47. The minimum absolute atomic E-state index is 0.00310. The van der Waals surface area contributed by atoms with Gasteiger partial charge in [-0.2, -0.15) is 0 Å². The summed E-state index contributed by atoms with van der Waals surface area (Å²) in [5, 5.41) is -0.00310. The molecule has 0 spiro atoms. The predicted molar refractivity (Wildman–Crippen MR) is 103 cm³/mol. The molecule has 5 heteroatoms. The molecule has 1 aliphatic rings. The fraction of sp³-hybridized carbons (Fsp3) is 0.500. The summed E-state index contributed by atoms with van der Waals surface area (Å²) in [6.07, 6.45) is 5.18. The van der Waals surface area contributed by atoms with Crippen LogP contribution in [0.2, 0.25) is 0 Å². The number of carbonyl (C=O) groups excluding carboxylic acids is 2. The van der Waals surface area contributed by atoms with Gasteiger partial charge in [-0.15, -0.1) is 11.8 Å². The lowest BCUT2D eigenvalue weighted by molar-refractivity contribution is -0.153. The number of ether oxygens (including phenoxy) is 1. The Bertz CT molecular complexity index is 600. The molecule has 1 aromatic carbocycles. The van der Waals surface area contributed by atoms with Gasteiger partial charge in [-0.25, -0.2) is 4.79 Å². The predicted octanol–water partition coefficient (Wildman–Crippen LogP) is 3.97. The zero-order valence-corrected chi connectivity index (χ0v) is 16.0. The molecule has 1 amide bonds. The second kappa shape index (κ2) is 9.66. The van der Waals surface area contributed by atoms with Crippen molar-refractivity contribution >= 4 is 29.7 Å². The quantitative estimate of drug-likeness (QED) is 0.419. The van der Waals surface area contributed by atoms with Crippen molar-refractivity contribution in [3.63, 3.8) is 0 Å². The molecule has 1 heterocycles. The third kappa shape index (κ3) is 5.36. The average Bonchev–Trinajstić information content (AvgIpc) is 3.06. The van der Waals surface area contributed by atoms with E-state index in [4.69, 9.17) is 4.74 Å². The van der Waals surface area contributed by atoms with Gasteiger partial charge in [0.05, 0.1) is 12.0 Å². The standard InChI is InChI=1S/C20H27NO3S/c1-4-5-13-24-20(23)17-14-25-19(15(2)3)21(17)18(22)12-11-16-9-7-6-8-10-16/h6-12,15,17,19H,4-5,13-14H2,1-3H3/b12-11+. The van der Waals surface area contributed by atoms with E-state index in [2.05, 4.69) is 20.8 Å². The highest BCUT2D eigenvalue weighted by Crippen LogP contribution is 2.34. The van der Waals surface area contributed by atoms with Gasteiger partial charge in [-0.1, -0.05) is 57.5 Å². The topological polar surface area (TPSA) is 46.6 Å². The number of thioether (sulfide) groups is 1. The van der Waals surface area contributed by atoms with Crippen molar-refractivity contribution in [3.8, 4) is 0 Å². The summed E-state index contributed by atoms with van der Waals surface area (Å²) in [6.45, 7) is 6.62. The molecule has 4 nitrogen and oxygen atoms in total. The molecule has 0 saturated carbocycles. The van der Waals surface area contributed by atoms with Crippen LogP contribution < -0.4 is 0 Å². The van der Waals surface area contributed by atoms with Crippen LogP contribution in [-0.2, 0) is 14.3 Å². The third-order valence-electron chi connectivity index (χ3n) is 4.09. The zero-order valence-electron chi connectivity index (χ0n) is 15.2. The molecule has 1 fully saturated rings. The molecule has 1 aliphatic heterocycles. The molecular weight excluding hydrogens is 334 g/mol. The highest BCUT2D eigenvalue weighted by Gasteiger charge is 2.42. The fourth-order valence-electron chi connectivity index (χ4n) is 2.73. The molecule has 0 radical (unpaired) electrons. The molecule has 1 saturated heterocycles. The van der Waals surface area contributed by atoms with Crippen LogP contribution in [0.1, 0.15) is 39.2 Å². The Kier molecular flexibility index (Phi) is 7.56. The number of hydrogen-bond acceptors (Lipinski definition) is 4. The SMILES string of the molecule is CCCCOC(=O)C1CSC(C(C)C)N1C(=O)/C=C/c1ccccc1. The van der Waals surface area contributed by atoms with Crippen molar-refractivity contribution in [1.82, 2.24) is 4.90 Å². The van der Waals surface area contributed by atoms with Gasteiger partial charge in [-0.3, -0.25) is 4.79 Å². The van der Waals surface area contributed by atoms with Gasteiger partial charge in [0.2, 0.25) is 5.91 Å². The Balaban J connectivity index is 2.11. The van der Waals surface area contributed by atoms with Crippen molar-refractivity contribution in [3.05, 3.63) is 42.0 Å². The summed E-state index contributed by atoms with van der Waals surface area (Å²) >= 11 is 1.65. The first-order valence-corrected chi connectivity index (χ1v) is 9.93. The maximum Gasteiger partial charge on any atom is 0.329 e. The number of benzene rings is 1. The molecule has 1 aromatic rings. The summed E-state index contributed by atoms with van der Waals surface area (Å²) in [5.41, 5.74) is 0.964. The highest BCUT2D eigenvalue weighted by molar-refractivity contribution is 8.00. The van der Waals surface area contributed by atoms with E-state index in [1.165, 1.54) is 0 Å². The van der Waals surface area contributed by atoms with Gasteiger partial charge in [0.25, 0.3) is 0 Å². The highest BCUT2D eigenvalue weighted by atomic mass is 32.2. The Morgan fingerprint density at radius 2 is 2.04 bits per heavy atom. The molecule has 25 heavy (non-hydrogen) atoms. The first-order valence-electron chi connectivity index (χ1n) is 8.88. The van der Waals surface area contributed by atoms with E-state index >= 15 is 0 Å². The summed E-state index contributed by atoms with van der Waals surface area (Å²) in [5.74, 6) is 0.446. The Hall–Kier alpha value is -1.75. The molecule has 136 valence electrons. The maximum absolute atomic E-state index is 12.8. The van der Waals surface area contributed by atoms with E-state index in [-0.39, 0.29) is 23.2 Å². The smallest absolute Gasteiger partial charge is 0.329 e. The van der Waals surface area contributed by atoms with Gasteiger partial charge < -0.3 is 9.64 Å². The van der Waals surface area contributed by atoms with Crippen molar-refractivity contribution in [1.29, 1.82) is 0 Å². The van der Waals surface area contributed by atoms with Crippen LogP contribution in [0.5, 0.6) is 0 Å². The first kappa shape index (κ1) is 19.6. The average molecular weight is 362 g/mol. The van der Waals surface area contributed by atoms with Crippen molar-refractivity contribution in [2.75, 3.05) is 12.4 Å². The molecule has 2 unspecified atom stereocenters. The Labute approximate surface area is 154 Å². The number of amides is 1. The summed E-state index contributed by atoms with van der Waals surface area (Å²) in [7, 11) is 0. The van der Waals surface area contributed by atoms with Gasteiger partial charge in [0.1, 0.15) is 6.04 Å². The van der Waals surface area contributed by atoms with Crippen LogP contribution in [0.25, 0.3) is 6.08 Å². The van der Waals surface area contributed by atoms with Crippen molar-refractivity contribution in [2.45, 2.75) is 45.0 Å². The van der Waals surface area contributed by atoms with E-state index in [1.54, 1.807) is 28.8 Å². The first-order chi connectivity index (χ1) is 12.0. The number of hydrogen-bond donors (Lipinski definition) is 0. The lowest BCUT2D eigenvalue weighted by atomic mass is 10.1. The van der Waals surface area contributed by atoms with Crippen LogP contribution in [0, 0.1) is 5.92 Å². The molecule has 0 bridgehead atoms. The van der Waals surface area contributed by atoms with Gasteiger partial charge in [0.15, 0.2) is 0 Å². The second-order valence-electron chi connectivity index (χ2n) is 6.49. The summed E-state index contributed by atoms with van der Waals surface area (Å²) in [4.78, 5) is 26.9. The molecule has 0 aliphatic carbocycles. The number of esters is 1. The minimum atomic E-state index is -0.498. The van der Waals surface area contributed by atoms with Crippen LogP contribution >= 0.6 is 11.8 Å². The van der Waals surface area contributed by atoms with E-state index in [9.17, 15) is 9.59 Å². The van der Waals surface area contributed by atoms with E-state index in [0.29, 0.717) is 12.4 Å². The molecule has 0 N–H and O–H groups in total. The second-order valence-corrected chi connectivity index (χ2v) is 7.64. The van der Waals surface area contributed by atoms with Crippen LogP contribution in [0.3, 0.4) is 0 Å². The monoisotopic (exact) mass is 361 g/mol. The Morgan fingerprint density at radius 1 is 1.32 bits per heavy atom. The van der Waals surface area contributed by atoms with E-state index in [0.717, 1.165) is 18.4 Å². The Morgan fingerprint density at radius 3 is 2.68 bits per heavy atom. The van der Waals surface area contributed by atoms with Crippen LogP contribution in [-0.4, -0.2) is 40.6 Å². The van der Waals surface area contributed by atoms with Crippen molar-refractivity contribution < 1.29 is 14.3 Å². The minimum Gasteiger partial charge on any atom is -0.464 e. The van der Waals surface area contributed by atoms with Crippen LogP contribution in [0.15, 0.2) is 36.4 Å². The van der Waals surface area contributed by atoms with E-state index in [1.807, 2.05) is 30.3 Å². The number of nitrogens with zero attached hydrogens (tertiary/aromatic N) is 1. The van der Waals surface area contributed by atoms with Gasteiger partial charge in [-0.05, 0) is 24.0 Å². The molecule has 2 atom stereocenters. The molecule has 2 rings (SSSR count). The molecular formula is C20H27NO3S. The lowest BCUT2D eigenvalue weighted by Gasteiger charge is -2.29. The number of unbranched alkanes of at least 4 members (excludes halogenated alkanes) is 1.